The van der Waals surface area contributed by atoms with E-state index in [0.717, 1.165) is 38.5 Å². The summed E-state index contributed by atoms with van der Waals surface area (Å²) in [6.07, 6.45) is 6.04. The average molecular weight is 300 g/mol. The number of unbranched alkanes of at least 4 members (excludes halogenated alkanes) is 5. The largest absolute Gasteiger partial charge is 0.273 e. The highest BCUT2D eigenvalue weighted by Crippen LogP contribution is 2.18. The van der Waals surface area contributed by atoms with Gasteiger partial charge in [0.1, 0.15) is 0 Å². The quantitative estimate of drug-likeness (QED) is 0.238. The summed E-state index contributed by atoms with van der Waals surface area (Å²) in [6, 6.07) is 0. The first kappa shape index (κ1) is 18.2. The Balaban J connectivity index is 3.17. The highest BCUT2D eigenvalue weighted by molar-refractivity contribution is 7.57. The van der Waals surface area contributed by atoms with Crippen LogP contribution in [-0.4, -0.2) is 13.1 Å². The lowest BCUT2D eigenvalue weighted by atomic mass is 10.1. The fourth-order valence-corrected chi connectivity index (χ4v) is 2.48. The highest BCUT2D eigenvalue weighted by Gasteiger charge is 2.05. The second-order valence-electron chi connectivity index (χ2n) is 4.36. The van der Waals surface area contributed by atoms with Crippen LogP contribution >= 0.6 is 15.2 Å². The van der Waals surface area contributed by atoms with E-state index in [1.807, 2.05) is 0 Å². The van der Waals surface area contributed by atoms with E-state index in [0.29, 0.717) is 13.1 Å². The van der Waals surface area contributed by atoms with Crippen LogP contribution in [0.15, 0.2) is 0 Å². The van der Waals surface area contributed by atoms with Gasteiger partial charge in [-0.3, -0.25) is 31.1 Å². The molecule has 0 unspecified atom stereocenters. The lowest BCUT2D eigenvalue weighted by Crippen LogP contribution is -2.23. The fourth-order valence-electron chi connectivity index (χ4n) is 1.46. The summed E-state index contributed by atoms with van der Waals surface area (Å²) in [7, 11) is -6.12. The van der Waals surface area contributed by atoms with Gasteiger partial charge in [0.25, 0.3) is 15.2 Å². The van der Waals surface area contributed by atoms with Crippen LogP contribution in [-0.2, 0) is 9.13 Å². The minimum absolute atomic E-state index is 0.579. The summed E-state index contributed by atoms with van der Waals surface area (Å²) in [4.78, 5) is 0. The van der Waals surface area contributed by atoms with Gasteiger partial charge in [-0.1, -0.05) is 25.7 Å². The molecule has 0 aliphatic carbocycles. The van der Waals surface area contributed by atoms with Crippen LogP contribution in [0.3, 0.4) is 0 Å². The molecule has 0 aromatic carbocycles. The average Bonchev–Trinajstić information content (AvgIpc) is 2.17. The molecule has 0 amide bonds. The number of hydrogen-bond donors (Lipinski definition) is 6. The summed E-state index contributed by atoms with van der Waals surface area (Å²) >= 11 is 0. The molecule has 0 aliphatic heterocycles. The van der Waals surface area contributed by atoms with Gasteiger partial charge < -0.3 is 0 Å². The molecule has 18 heavy (non-hydrogen) atoms. The van der Waals surface area contributed by atoms with E-state index >= 15 is 0 Å². The van der Waals surface area contributed by atoms with Gasteiger partial charge in [0.15, 0.2) is 0 Å². The minimum atomic E-state index is -3.06. The van der Waals surface area contributed by atoms with Crippen molar-refractivity contribution in [3.8, 4) is 0 Å². The second kappa shape index (κ2) is 9.18. The van der Waals surface area contributed by atoms with Crippen molar-refractivity contribution in [2.24, 2.45) is 22.0 Å². The summed E-state index contributed by atoms with van der Waals surface area (Å²) in [5, 5.41) is 5.18. The first-order valence-corrected chi connectivity index (χ1v) is 9.74. The lowest BCUT2D eigenvalue weighted by Gasteiger charge is -2.09. The summed E-state index contributed by atoms with van der Waals surface area (Å²) in [5.74, 6) is 0. The number of nitrogens with two attached hydrogens (primary N) is 4. The Labute approximate surface area is 109 Å². The second-order valence-corrected chi connectivity index (χ2v) is 7.83. The third-order valence-corrected chi connectivity index (χ3v) is 3.76. The Morgan fingerprint density at radius 1 is 0.611 bits per heavy atom. The molecule has 0 spiro atoms. The SMILES string of the molecule is NP(N)(=O)NCCCCCCCCNP(N)(N)=O. The molecule has 10 heteroatoms. The molecule has 0 fully saturated rings. The Kier molecular flexibility index (Phi) is 9.29. The first-order chi connectivity index (χ1) is 8.21. The molecule has 110 valence electrons. The van der Waals surface area contributed by atoms with Gasteiger partial charge >= 0.3 is 0 Å². The van der Waals surface area contributed by atoms with Gasteiger partial charge in [-0.05, 0) is 12.8 Å². The molecule has 0 heterocycles. The van der Waals surface area contributed by atoms with Crippen LogP contribution in [0.5, 0.6) is 0 Å². The van der Waals surface area contributed by atoms with Crippen molar-refractivity contribution in [2.75, 3.05) is 13.1 Å². The molecule has 0 rings (SSSR count). The van der Waals surface area contributed by atoms with Crippen molar-refractivity contribution in [2.45, 2.75) is 38.5 Å². The lowest BCUT2D eigenvalue weighted by molar-refractivity contribution is 0.550. The molecule has 0 bridgehead atoms. The Bertz CT molecular complexity index is 272. The zero-order chi connectivity index (χ0) is 14.1. The van der Waals surface area contributed by atoms with E-state index in [1.165, 1.54) is 0 Å². The van der Waals surface area contributed by atoms with Crippen molar-refractivity contribution >= 4 is 15.2 Å². The van der Waals surface area contributed by atoms with Gasteiger partial charge in [-0.25, -0.2) is 10.2 Å². The number of rotatable bonds is 11. The van der Waals surface area contributed by atoms with Crippen LogP contribution in [0.4, 0.5) is 0 Å². The molecule has 0 saturated heterocycles. The normalized spacial score (nSPS) is 12.9. The van der Waals surface area contributed by atoms with Gasteiger partial charge in [-0.15, -0.1) is 0 Å². The van der Waals surface area contributed by atoms with Crippen LogP contribution in [0.25, 0.3) is 0 Å². The maximum absolute atomic E-state index is 10.9. The Morgan fingerprint density at radius 2 is 0.889 bits per heavy atom. The monoisotopic (exact) mass is 300 g/mol. The minimum Gasteiger partial charge on any atom is -0.271 e. The summed E-state index contributed by atoms with van der Waals surface area (Å²) < 4.78 is 21.8. The molecule has 0 aromatic rings. The third kappa shape index (κ3) is 16.2. The van der Waals surface area contributed by atoms with Crippen LogP contribution in [0.1, 0.15) is 38.5 Å². The number of nitrogens with one attached hydrogen (secondary N) is 2. The zero-order valence-electron chi connectivity index (χ0n) is 10.7. The van der Waals surface area contributed by atoms with E-state index in [1.54, 1.807) is 0 Å². The Morgan fingerprint density at radius 3 is 1.17 bits per heavy atom. The smallest absolute Gasteiger partial charge is 0.271 e. The maximum Gasteiger partial charge on any atom is 0.273 e. The van der Waals surface area contributed by atoms with Crippen molar-refractivity contribution in [3.63, 3.8) is 0 Å². The van der Waals surface area contributed by atoms with Gasteiger partial charge in [0.2, 0.25) is 0 Å². The van der Waals surface area contributed by atoms with Crippen molar-refractivity contribution in [1.82, 2.24) is 10.2 Å². The summed E-state index contributed by atoms with van der Waals surface area (Å²) in [5.41, 5.74) is 20.6. The topological polar surface area (TPSA) is 162 Å². The first-order valence-electron chi connectivity index (χ1n) is 6.05. The zero-order valence-corrected chi connectivity index (χ0v) is 12.5. The van der Waals surface area contributed by atoms with Crippen LogP contribution in [0.2, 0.25) is 0 Å². The number of hydrogen-bond acceptors (Lipinski definition) is 2. The summed E-state index contributed by atoms with van der Waals surface area (Å²) in [6.45, 7) is 1.16. The van der Waals surface area contributed by atoms with Crippen LogP contribution < -0.4 is 32.2 Å². The Hall–Kier alpha value is 0.220. The maximum atomic E-state index is 10.9. The van der Waals surface area contributed by atoms with Gasteiger partial charge in [0.05, 0.1) is 0 Å². The van der Waals surface area contributed by atoms with Crippen LogP contribution in [0, 0.1) is 0 Å². The van der Waals surface area contributed by atoms with E-state index in [2.05, 4.69) is 10.2 Å². The molecule has 0 saturated carbocycles. The third-order valence-electron chi connectivity index (χ3n) is 2.32. The fraction of sp³-hybridized carbons (Fsp3) is 1.00. The standard InChI is InChI=1S/C8H26N6O2P2/c9-17(10,15)13-7-5-3-1-2-4-6-8-14-18(11,12)16/h1-8H2,(H5,9,10,13,15)(H5,11,12,14,16). The van der Waals surface area contributed by atoms with Crippen molar-refractivity contribution in [1.29, 1.82) is 0 Å². The molecular weight excluding hydrogens is 274 g/mol. The van der Waals surface area contributed by atoms with Crippen molar-refractivity contribution in [3.05, 3.63) is 0 Å². The molecule has 10 N–H and O–H groups in total. The van der Waals surface area contributed by atoms with E-state index < -0.39 is 15.2 Å². The molecule has 0 radical (unpaired) electrons. The molecule has 8 nitrogen and oxygen atoms in total. The predicted octanol–water partition coefficient (Wildman–Crippen LogP) is 0.557. The van der Waals surface area contributed by atoms with Gasteiger partial charge in [-0.2, -0.15) is 0 Å². The highest BCUT2D eigenvalue weighted by atomic mass is 31.2. The van der Waals surface area contributed by atoms with E-state index in [4.69, 9.17) is 22.0 Å². The predicted molar refractivity (Wildman–Crippen MR) is 75.7 cm³/mol. The van der Waals surface area contributed by atoms with E-state index in [9.17, 15) is 9.13 Å². The molecule has 0 aliphatic rings. The van der Waals surface area contributed by atoms with Crippen molar-refractivity contribution < 1.29 is 9.13 Å². The van der Waals surface area contributed by atoms with Gasteiger partial charge in [0, 0.05) is 13.1 Å². The molecule has 0 aromatic heterocycles. The molecule has 0 atom stereocenters. The molecular formula is C8H26N6O2P2. The van der Waals surface area contributed by atoms with E-state index in [-0.39, 0.29) is 0 Å².